The van der Waals surface area contributed by atoms with Gasteiger partial charge in [-0.2, -0.15) is 0 Å². The monoisotopic (exact) mass is 311 g/mol. The van der Waals surface area contributed by atoms with Crippen molar-refractivity contribution in [2.45, 2.75) is 31.7 Å². The van der Waals surface area contributed by atoms with Gasteiger partial charge in [0, 0.05) is 24.2 Å². The fourth-order valence-electron chi connectivity index (χ4n) is 1.75. The summed E-state index contributed by atoms with van der Waals surface area (Å²) >= 11 is 3.32. The first-order chi connectivity index (χ1) is 7.44. The molecule has 0 aromatic carbocycles. The summed E-state index contributed by atoms with van der Waals surface area (Å²) in [6.45, 7) is 0.657. The highest BCUT2D eigenvalue weighted by Gasteiger charge is 2.29. The van der Waals surface area contributed by atoms with Gasteiger partial charge < -0.3 is 4.90 Å². The Hall–Kier alpha value is -0.100. The lowest BCUT2D eigenvalue weighted by molar-refractivity contribution is -0.132. The minimum Gasteiger partial charge on any atom is -0.339 e. The molecule has 0 heterocycles. The highest BCUT2D eigenvalue weighted by atomic mass is 79.9. The summed E-state index contributed by atoms with van der Waals surface area (Å²) in [7, 11) is -3.21. The standard InChI is InChI=1S/C10H18BrNO3S/c1-16(14,15)8-10(13)12(7-3-6-11)9-4-2-5-9/h9H,2-8H2,1H3. The van der Waals surface area contributed by atoms with Gasteiger partial charge >= 0.3 is 0 Å². The van der Waals surface area contributed by atoms with E-state index in [1.165, 1.54) is 0 Å². The second-order valence-corrected chi connectivity index (χ2v) is 7.22. The lowest BCUT2D eigenvalue weighted by Crippen LogP contribution is -2.47. The highest BCUT2D eigenvalue weighted by molar-refractivity contribution is 9.09. The molecule has 1 aliphatic carbocycles. The van der Waals surface area contributed by atoms with E-state index in [0.717, 1.165) is 37.3 Å². The van der Waals surface area contributed by atoms with Crippen LogP contribution in [-0.4, -0.2) is 49.2 Å². The number of alkyl halides is 1. The quantitative estimate of drug-likeness (QED) is 0.693. The van der Waals surface area contributed by atoms with E-state index < -0.39 is 9.84 Å². The molecule has 0 aliphatic heterocycles. The normalized spacial score (nSPS) is 16.9. The molecule has 0 N–H and O–H groups in total. The smallest absolute Gasteiger partial charge is 0.238 e. The molecule has 0 spiro atoms. The first-order valence-corrected chi connectivity index (χ1v) is 8.65. The van der Waals surface area contributed by atoms with Crippen molar-refractivity contribution in [1.29, 1.82) is 0 Å². The van der Waals surface area contributed by atoms with Crippen LogP contribution in [0.3, 0.4) is 0 Å². The van der Waals surface area contributed by atoms with Gasteiger partial charge in [0.2, 0.25) is 5.91 Å². The molecular weight excluding hydrogens is 294 g/mol. The van der Waals surface area contributed by atoms with Crippen molar-refractivity contribution in [3.8, 4) is 0 Å². The zero-order valence-electron chi connectivity index (χ0n) is 9.49. The fraction of sp³-hybridized carbons (Fsp3) is 0.900. The van der Waals surface area contributed by atoms with Gasteiger partial charge in [-0.1, -0.05) is 15.9 Å². The predicted molar refractivity (Wildman–Crippen MR) is 67.5 cm³/mol. The van der Waals surface area contributed by atoms with Gasteiger partial charge in [-0.05, 0) is 25.7 Å². The lowest BCUT2D eigenvalue weighted by atomic mass is 9.91. The first kappa shape index (κ1) is 14.0. The van der Waals surface area contributed by atoms with Crippen LogP contribution in [0.5, 0.6) is 0 Å². The van der Waals surface area contributed by atoms with Crippen LogP contribution in [0.25, 0.3) is 0 Å². The topological polar surface area (TPSA) is 54.5 Å². The molecule has 0 saturated heterocycles. The zero-order valence-corrected chi connectivity index (χ0v) is 11.9. The summed E-state index contributed by atoms with van der Waals surface area (Å²) < 4.78 is 22.2. The Labute approximate surface area is 105 Å². The Morgan fingerprint density at radius 2 is 2.06 bits per heavy atom. The second-order valence-electron chi connectivity index (χ2n) is 4.28. The number of amides is 1. The number of sulfone groups is 1. The van der Waals surface area contributed by atoms with Crippen molar-refractivity contribution in [2.75, 3.05) is 23.9 Å². The molecule has 6 heteroatoms. The van der Waals surface area contributed by atoms with Crippen molar-refractivity contribution in [2.24, 2.45) is 0 Å². The number of carbonyl (C=O) groups is 1. The minimum atomic E-state index is -3.21. The van der Waals surface area contributed by atoms with E-state index in [4.69, 9.17) is 0 Å². The average Bonchev–Trinajstić information content (AvgIpc) is 2.05. The summed E-state index contributed by atoms with van der Waals surface area (Å²) in [6.07, 6.45) is 5.14. The fourth-order valence-corrected chi connectivity index (χ4v) is 2.61. The van der Waals surface area contributed by atoms with Gasteiger partial charge in [-0.3, -0.25) is 4.79 Å². The maximum Gasteiger partial charge on any atom is 0.238 e. The van der Waals surface area contributed by atoms with E-state index in [1.54, 1.807) is 4.90 Å². The zero-order chi connectivity index (χ0) is 12.2. The summed E-state index contributed by atoms with van der Waals surface area (Å²) in [6, 6.07) is 0.272. The molecule has 94 valence electrons. The molecule has 1 rings (SSSR count). The van der Waals surface area contributed by atoms with Crippen molar-refractivity contribution in [1.82, 2.24) is 4.90 Å². The van der Waals surface area contributed by atoms with Crippen LogP contribution < -0.4 is 0 Å². The van der Waals surface area contributed by atoms with E-state index in [-0.39, 0.29) is 17.7 Å². The van der Waals surface area contributed by atoms with E-state index in [2.05, 4.69) is 15.9 Å². The van der Waals surface area contributed by atoms with Crippen LogP contribution >= 0.6 is 15.9 Å². The van der Waals surface area contributed by atoms with E-state index in [0.29, 0.717) is 6.54 Å². The second kappa shape index (κ2) is 6.00. The maximum atomic E-state index is 11.8. The SMILES string of the molecule is CS(=O)(=O)CC(=O)N(CCCBr)C1CCC1. The summed E-state index contributed by atoms with van der Waals surface area (Å²) in [5.74, 6) is -0.598. The minimum absolute atomic E-state index is 0.242. The Morgan fingerprint density at radius 3 is 2.44 bits per heavy atom. The summed E-state index contributed by atoms with van der Waals surface area (Å²) in [5.41, 5.74) is 0. The van der Waals surface area contributed by atoms with Gasteiger partial charge in [0.05, 0.1) is 0 Å². The van der Waals surface area contributed by atoms with Crippen LogP contribution in [0.1, 0.15) is 25.7 Å². The third-order valence-corrected chi connectivity index (χ3v) is 4.09. The van der Waals surface area contributed by atoms with Crippen LogP contribution in [0.2, 0.25) is 0 Å². The van der Waals surface area contributed by atoms with E-state index >= 15 is 0 Å². The van der Waals surface area contributed by atoms with Crippen LogP contribution in [-0.2, 0) is 14.6 Å². The van der Waals surface area contributed by atoms with Crippen molar-refractivity contribution in [3.63, 3.8) is 0 Å². The first-order valence-electron chi connectivity index (χ1n) is 5.47. The highest BCUT2D eigenvalue weighted by Crippen LogP contribution is 2.25. The number of hydrogen-bond acceptors (Lipinski definition) is 3. The van der Waals surface area contributed by atoms with Gasteiger partial charge in [0.1, 0.15) is 5.75 Å². The maximum absolute atomic E-state index is 11.8. The third kappa shape index (κ3) is 4.41. The van der Waals surface area contributed by atoms with Crippen molar-refractivity contribution < 1.29 is 13.2 Å². The van der Waals surface area contributed by atoms with Crippen molar-refractivity contribution >= 4 is 31.7 Å². The molecule has 1 amide bonds. The number of nitrogens with zero attached hydrogens (tertiary/aromatic N) is 1. The molecule has 4 nitrogen and oxygen atoms in total. The molecule has 1 fully saturated rings. The Balaban J connectivity index is 2.56. The average molecular weight is 312 g/mol. The van der Waals surface area contributed by atoms with Gasteiger partial charge in [0.25, 0.3) is 0 Å². The number of halogens is 1. The molecule has 0 radical (unpaired) electrons. The third-order valence-electron chi connectivity index (χ3n) is 2.75. The lowest BCUT2D eigenvalue weighted by Gasteiger charge is -2.37. The Morgan fingerprint density at radius 1 is 1.44 bits per heavy atom. The van der Waals surface area contributed by atoms with Gasteiger partial charge in [0.15, 0.2) is 9.84 Å². The van der Waals surface area contributed by atoms with E-state index in [1.807, 2.05) is 0 Å². The summed E-state index contributed by atoms with van der Waals surface area (Å²) in [4.78, 5) is 13.6. The number of carbonyl (C=O) groups excluding carboxylic acids is 1. The van der Waals surface area contributed by atoms with Crippen LogP contribution in [0.15, 0.2) is 0 Å². The predicted octanol–water partition coefficient (Wildman–Crippen LogP) is 1.20. The molecule has 0 aromatic rings. The molecule has 0 bridgehead atoms. The van der Waals surface area contributed by atoms with Crippen molar-refractivity contribution in [3.05, 3.63) is 0 Å². The van der Waals surface area contributed by atoms with Crippen LogP contribution in [0, 0.1) is 0 Å². The Kier molecular flexibility index (Phi) is 5.24. The number of hydrogen-bond donors (Lipinski definition) is 0. The Bertz CT molecular complexity index is 338. The molecular formula is C10H18BrNO3S. The summed E-state index contributed by atoms with van der Waals surface area (Å²) in [5, 5.41) is 0.836. The molecule has 16 heavy (non-hydrogen) atoms. The molecule has 0 atom stereocenters. The van der Waals surface area contributed by atoms with Crippen LogP contribution in [0.4, 0.5) is 0 Å². The molecule has 0 unspecified atom stereocenters. The number of rotatable bonds is 6. The molecule has 1 aliphatic rings. The molecule has 0 aromatic heterocycles. The van der Waals surface area contributed by atoms with Gasteiger partial charge in [-0.25, -0.2) is 8.42 Å². The van der Waals surface area contributed by atoms with Gasteiger partial charge in [-0.15, -0.1) is 0 Å². The van der Waals surface area contributed by atoms with E-state index in [9.17, 15) is 13.2 Å². The largest absolute Gasteiger partial charge is 0.339 e. The molecule has 1 saturated carbocycles.